The Hall–Kier alpha value is -1.41. The summed E-state index contributed by atoms with van der Waals surface area (Å²) in [4.78, 5) is 7.14. The smallest absolute Gasteiger partial charge is 0.0373 e. The van der Waals surface area contributed by atoms with Crippen molar-refractivity contribution >= 4 is 23.5 Å². The van der Waals surface area contributed by atoms with E-state index < -0.39 is 0 Å². The molecule has 0 aliphatic carbocycles. The van der Waals surface area contributed by atoms with Gasteiger partial charge in [-0.15, -0.1) is 11.3 Å². The van der Waals surface area contributed by atoms with Crippen molar-refractivity contribution in [2.75, 3.05) is 0 Å². The third-order valence-electron chi connectivity index (χ3n) is 3.33. The van der Waals surface area contributed by atoms with Crippen molar-refractivity contribution in [2.24, 2.45) is 0 Å². The van der Waals surface area contributed by atoms with E-state index in [0.29, 0.717) is 0 Å². The van der Waals surface area contributed by atoms with Crippen LogP contribution in [0.1, 0.15) is 53.6 Å². The Labute approximate surface area is 126 Å². The zero-order valence-corrected chi connectivity index (χ0v) is 13.2. The van der Waals surface area contributed by atoms with E-state index in [9.17, 15) is 0 Å². The molecule has 0 saturated carbocycles. The fraction of sp³-hybridized carbons (Fsp3) is 0.389. The third kappa shape index (κ3) is 4.93. The Kier molecular flexibility index (Phi) is 6.00. The van der Waals surface area contributed by atoms with Gasteiger partial charge in [0.25, 0.3) is 0 Å². The highest BCUT2D eigenvalue weighted by molar-refractivity contribution is 7.12. The van der Waals surface area contributed by atoms with Gasteiger partial charge >= 0.3 is 0 Å². The highest BCUT2D eigenvalue weighted by atomic mass is 32.1. The average molecular weight is 285 g/mol. The monoisotopic (exact) mass is 285 g/mol. The second kappa shape index (κ2) is 8.01. The standard InChI is InChI=1S/C18H23NS/c1-3-4-5-6-7-17-12-13-18(20-17)11-10-16-9-8-15(2)19-14-16/h8-14H,3-7H2,1-2H3/b11-10+. The molecule has 0 radical (unpaired) electrons. The van der Waals surface area contributed by atoms with Crippen LogP contribution in [-0.2, 0) is 6.42 Å². The Balaban J connectivity index is 1.87. The Morgan fingerprint density at radius 3 is 2.70 bits per heavy atom. The lowest BCUT2D eigenvalue weighted by Crippen LogP contribution is -1.80. The molecule has 2 rings (SSSR count). The van der Waals surface area contributed by atoms with Gasteiger partial charge in [0.1, 0.15) is 0 Å². The van der Waals surface area contributed by atoms with Gasteiger partial charge in [-0.05, 0) is 49.6 Å². The van der Waals surface area contributed by atoms with E-state index >= 15 is 0 Å². The molecule has 0 aliphatic heterocycles. The van der Waals surface area contributed by atoms with Gasteiger partial charge in [-0.25, -0.2) is 0 Å². The number of nitrogens with zero attached hydrogens (tertiary/aromatic N) is 1. The number of pyridine rings is 1. The van der Waals surface area contributed by atoms with Crippen molar-refractivity contribution in [3.63, 3.8) is 0 Å². The summed E-state index contributed by atoms with van der Waals surface area (Å²) < 4.78 is 0. The lowest BCUT2D eigenvalue weighted by molar-refractivity contribution is 0.670. The fourth-order valence-electron chi connectivity index (χ4n) is 2.10. The van der Waals surface area contributed by atoms with Crippen LogP contribution < -0.4 is 0 Å². The van der Waals surface area contributed by atoms with E-state index in [1.165, 1.54) is 41.9 Å². The molecule has 0 spiro atoms. The van der Waals surface area contributed by atoms with Crippen molar-refractivity contribution in [2.45, 2.75) is 46.0 Å². The van der Waals surface area contributed by atoms with Crippen LogP contribution in [0.3, 0.4) is 0 Å². The molecule has 20 heavy (non-hydrogen) atoms. The topological polar surface area (TPSA) is 12.9 Å². The van der Waals surface area contributed by atoms with Gasteiger partial charge < -0.3 is 0 Å². The van der Waals surface area contributed by atoms with Crippen LogP contribution in [0.5, 0.6) is 0 Å². The molecule has 1 nitrogen and oxygen atoms in total. The van der Waals surface area contributed by atoms with Gasteiger partial charge in [-0.2, -0.15) is 0 Å². The van der Waals surface area contributed by atoms with Crippen LogP contribution >= 0.6 is 11.3 Å². The summed E-state index contributed by atoms with van der Waals surface area (Å²) in [6, 6.07) is 8.65. The highest BCUT2D eigenvalue weighted by Crippen LogP contribution is 2.21. The molecule has 0 amide bonds. The lowest BCUT2D eigenvalue weighted by Gasteiger charge is -1.96. The summed E-state index contributed by atoms with van der Waals surface area (Å²) >= 11 is 1.91. The number of hydrogen-bond acceptors (Lipinski definition) is 2. The lowest BCUT2D eigenvalue weighted by atomic mass is 10.1. The summed E-state index contributed by atoms with van der Waals surface area (Å²) in [6.45, 7) is 4.27. The number of aryl methyl sites for hydroxylation is 2. The van der Waals surface area contributed by atoms with Crippen molar-refractivity contribution in [3.8, 4) is 0 Å². The first-order chi connectivity index (χ1) is 9.78. The molecule has 2 heterocycles. The van der Waals surface area contributed by atoms with E-state index in [0.717, 1.165) is 11.3 Å². The van der Waals surface area contributed by atoms with Crippen molar-refractivity contribution < 1.29 is 0 Å². The molecule has 2 heteroatoms. The van der Waals surface area contributed by atoms with Gasteiger partial charge in [0, 0.05) is 21.6 Å². The Morgan fingerprint density at radius 1 is 1.05 bits per heavy atom. The molecule has 0 fully saturated rings. The van der Waals surface area contributed by atoms with Gasteiger partial charge in [0.2, 0.25) is 0 Å². The highest BCUT2D eigenvalue weighted by Gasteiger charge is 1.98. The molecule has 0 atom stereocenters. The zero-order chi connectivity index (χ0) is 14.2. The molecule has 2 aromatic rings. The normalized spacial score (nSPS) is 11.3. The number of hydrogen-bond donors (Lipinski definition) is 0. The summed E-state index contributed by atoms with van der Waals surface area (Å²) in [5.41, 5.74) is 2.22. The van der Waals surface area contributed by atoms with Gasteiger partial charge in [-0.3, -0.25) is 4.98 Å². The fourth-order valence-corrected chi connectivity index (χ4v) is 3.06. The molecule has 0 bridgehead atoms. The van der Waals surface area contributed by atoms with Crippen LogP contribution in [0, 0.1) is 6.92 Å². The predicted molar refractivity (Wildman–Crippen MR) is 90.1 cm³/mol. The molecule has 106 valence electrons. The van der Waals surface area contributed by atoms with Gasteiger partial charge in [-0.1, -0.05) is 38.3 Å². The first-order valence-electron chi connectivity index (χ1n) is 7.47. The average Bonchev–Trinajstić information content (AvgIpc) is 2.91. The third-order valence-corrected chi connectivity index (χ3v) is 4.44. The summed E-state index contributed by atoms with van der Waals surface area (Å²) in [5, 5.41) is 0. The Bertz CT molecular complexity index is 537. The first kappa shape index (κ1) is 15.0. The minimum Gasteiger partial charge on any atom is -0.261 e. The van der Waals surface area contributed by atoms with Crippen LogP contribution in [0.15, 0.2) is 30.5 Å². The van der Waals surface area contributed by atoms with Crippen molar-refractivity contribution in [1.82, 2.24) is 4.98 Å². The van der Waals surface area contributed by atoms with Crippen LogP contribution in [-0.4, -0.2) is 4.98 Å². The summed E-state index contributed by atoms with van der Waals surface area (Å²) in [5.74, 6) is 0. The van der Waals surface area contributed by atoms with Gasteiger partial charge in [0.05, 0.1) is 0 Å². The molecule has 0 aliphatic rings. The second-order valence-electron chi connectivity index (χ2n) is 5.18. The molecule has 0 N–H and O–H groups in total. The number of unbranched alkanes of at least 4 members (excludes halogenated alkanes) is 3. The van der Waals surface area contributed by atoms with Crippen LogP contribution in [0.2, 0.25) is 0 Å². The second-order valence-corrected chi connectivity index (χ2v) is 6.38. The Morgan fingerprint density at radius 2 is 1.95 bits per heavy atom. The van der Waals surface area contributed by atoms with Crippen molar-refractivity contribution in [3.05, 3.63) is 51.5 Å². The summed E-state index contributed by atoms with van der Waals surface area (Å²) in [7, 11) is 0. The van der Waals surface area contributed by atoms with E-state index in [2.05, 4.69) is 42.3 Å². The van der Waals surface area contributed by atoms with Crippen molar-refractivity contribution in [1.29, 1.82) is 0 Å². The number of thiophene rings is 1. The van der Waals surface area contributed by atoms with Gasteiger partial charge in [0.15, 0.2) is 0 Å². The quantitative estimate of drug-likeness (QED) is 0.591. The predicted octanol–water partition coefficient (Wildman–Crippen LogP) is 5.74. The molecular formula is C18H23NS. The molecule has 0 aromatic carbocycles. The minimum atomic E-state index is 1.06. The maximum absolute atomic E-state index is 4.31. The minimum absolute atomic E-state index is 1.06. The maximum Gasteiger partial charge on any atom is 0.0373 e. The summed E-state index contributed by atoms with van der Waals surface area (Å²) in [6.07, 6.45) is 12.8. The van der Waals surface area contributed by atoms with E-state index in [-0.39, 0.29) is 0 Å². The molecule has 0 saturated heterocycles. The SMILES string of the molecule is CCCCCCc1ccc(/C=C/c2ccc(C)nc2)s1. The van der Waals surface area contributed by atoms with Crippen LogP contribution in [0.25, 0.3) is 12.2 Å². The molecule has 2 aromatic heterocycles. The number of aromatic nitrogens is 1. The van der Waals surface area contributed by atoms with E-state index in [1.807, 2.05) is 30.5 Å². The molecular weight excluding hydrogens is 262 g/mol. The van der Waals surface area contributed by atoms with E-state index in [1.54, 1.807) is 0 Å². The van der Waals surface area contributed by atoms with Crippen LogP contribution in [0.4, 0.5) is 0 Å². The van der Waals surface area contributed by atoms with E-state index in [4.69, 9.17) is 0 Å². The zero-order valence-electron chi connectivity index (χ0n) is 12.4. The molecule has 0 unspecified atom stereocenters. The largest absolute Gasteiger partial charge is 0.261 e. The first-order valence-corrected chi connectivity index (χ1v) is 8.29. The number of rotatable bonds is 7. The maximum atomic E-state index is 4.31.